The number of halogens is 1. The number of nitrogens with zero attached hydrogens (tertiary/aromatic N) is 3. The van der Waals surface area contributed by atoms with Gasteiger partial charge in [-0.1, -0.05) is 12.1 Å². The van der Waals surface area contributed by atoms with E-state index in [4.69, 9.17) is 9.26 Å². The summed E-state index contributed by atoms with van der Waals surface area (Å²) in [5.41, 5.74) is 2.42. The first-order valence-corrected chi connectivity index (χ1v) is 13.9. The molecular formula is C30H37FN6O6. The average Bonchev–Trinajstić information content (AvgIpc) is 3.30. The van der Waals surface area contributed by atoms with Crippen molar-refractivity contribution in [3.63, 3.8) is 0 Å². The first-order valence-electron chi connectivity index (χ1n) is 13.9. The monoisotopic (exact) mass is 596 g/mol. The Kier molecular flexibility index (Phi) is 9.86. The van der Waals surface area contributed by atoms with Crippen LogP contribution in [-0.4, -0.2) is 76.9 Å². The number of urea groups is 2. The Morgan fingerprint density at radius 1 is 1.14 bits per heavy atom. The number of likely N-dealkylation sites (N-methyl/N-ethyl adjacent to an activating group) is 1. The van der Waals surface area contributed by atoms with Gasteiger partial charge in [-0.05, 0) is 63.2 Å². The number of aliphatic hydroxyl groups excluding tert-OH is 1. The molecule has 0 fully saturated rings. The molecule has 1 aromatic heterocycles. The van der Waals surface area contributed by atoms with Crippen LogP contribution in [0.1, 0.15) is 30.9 Å². The van der Waals surface area contributed by atoms with Crippen molar-refractivity contribution < 1.29 is 33.1 Å². The highest BCUT2D eigenvalue weighted by Crippen LogP contribution is 2.29. The molecule has 4 rings (SSSR count). The highest BCUT2D eigenvalue weighted by Gasteiger charge is 2.32. The van der Waals surface area contributed by atoms with Crippen LogP contribution in [0.4, 0.5) is 31.0 Å². The van der Waals surface area contributed by atoms with Crippen molar-refractivity contribution in [2.75, 3.05) is 42.7 Å². The maximum atomic E-state index is 13.5. The second-order valence-corrected chi connectivity index (χ2v) is 10.8. The number of anilines is 3. The molecule has 0 saturated heterocycles. The summed E-state index contributed by atoms with van der Waals surface area (Å²) in [5, 5.41) is 21.9. The van der Waals surface area contributed by atoms with Crippen LogP contribution in [0.5, 0.6) is 5.75 Å². The normalized spacial score (nSPS) is 17.5. The van der Waals surface area contributed by atoms with Crippen LogP contribution < -0.4 is 20.7 Å². The highest BCUT2D eigenvalue weighted by atomic mass is 19.1. The number of nitrogens with one attached hydrogen (secondary N) is 3. The summed E-state index contributed by atoms with van der Waals surface area (Å²) in [4.78, 5) is 42.2. The van der Waals surface area contributed by atoms with Crippen molar-refractivity contribution in [1.82, 2.24) is 15.0 Å². The number of ether oxygens (including phenoxy) is 1. The fourth-order valence-electron chi connectivity index (χ4n) is 4.77. The van der Waals surface area contributed by atoms with E-state index in [0.29, 0.717) is 39.8 Å². The molecule has 0 radical (unpaired) electrons. The summed E-state index contributed by atoms with van der Waals surface area (Å²) in [5.74, 6) is 0.0547. The molecule has 43 heavy (non-hydrogen) atoms. The van der Waals surface area contributed by atoms with E-state index in [1.165, 1.54) is 29.2 Å². The maximum Gasteiger partial charge on any atom is 0.323 e. The van der Waals surface area contributed by atoms with Crippen molar-refractivity contribution in [2.24, 2.45) is 5.92 Å². The van der Waals surface area contributed by atoms with Crippen LogP contribution in [0.25, 0.3) is 0 Å². The lowest BCUT2D eigenvalue weighted by molar-refractivity contribution is -0.134. The van der Waals surface area contributed by atoms with Gasteiger partial charge in [0.25, 0.3) is 0 Å². The van der Waals surface area contributed by atoms with Gasteiger partial charge in [-0.2, -0.15) is 0 Å². The van der Waals surface area contributed by atoms with Gasteiger partial charge in [-0.15, -0.1) is 0 Å². The molecule has 3 atom stereocenters. The molecular weight excluding hydrogens is 559 g/mol. The third kappa shape index (κ3) is 7.80. The molecule has 4 N–H and O–H groups in total. The molecule has 1 aliphatic heterocycles. The Labute approximate surface area is 249 Å². The first-order chi connectivity index (χ1) is 20.4. The fourth-order valence-corrected chi connectivity index (χ4v) is 4.77. The molecule has 0 aliphatic carbocycles. The van der Waals surface area contributed by atoms with E-state index in [9.17, 15) is 23.9 Å². The minimum Gasteiger partial charge on any atom is -0.488 e. The number of carbonyl (C=O) groups is 3. The van der Waals surface area contributed by atoms with Crippen molar-refractivity contribution >= 4 is 35.0 Å². The Morgan fingerprint density at radius 3 is 2.49 bits per heavy atom. The number of rotatable bonds is 7. The van der Waals surface area contributed by atoms with Gasteiger partial charge >= 0.3 is 12.1 Å². The van der Waals surface area contributed by atoms with E-state index < -0.39 is 30.0 Å². The van der Waals surface area contributed by atoms with Gasteiger partial charge in [0.1, 0.15) is 29.1 Å². The second kappa shape index (κ2) is 13.6. The zero-order valence-corrected chi connectivity index (χ0v) is 24.8. The molecule has 0 spiro atoms. The van der Waals surface area contributed by atoms with Crippen LogP contribution in [0.2, 0.25) is 0 Å². The van der Waals surface area contributed by atoms with Gasteiger partial charge in [-0.25, -0.2) is 14.0 Å². The van der Waals surface area contributed by atoms with E-state index in [2.05, 4.69) is 21.1 Å². The van der Waals surface area contributed by atoms with Crippen LogP contribution in [-0.2, 0) is 11.2 Å². The summed E-state index contributed by atoms with van der Waals surface area (Å²) in [6.07, 6.45) is -0.565. The summed E-state index contributed by atoms with van der Waals surface area (Å²) >= 11 is 0. The number of benzene rings is 2. The largest absolute Gasteiger partial charge is 0.488 e. The van der Waals surface area contributed by atoms with E-state index in [-0.39, 0.29) is 37.9 Å². The van der Waals surface area contributed by atoms with E-state index >= 15 is 0 Å². The summed E-state index contributed by atoms with van der Waals surface area (Å²) < 4.78 is 24.8. The minimum absolute atomic E-state index is 0.0268. The SMILES string of the molecule is Cc1noc(C)c1NC(=O)Nc1ccc2c(c1)CC(=O)N([C@@H](C)CO)C[C@H](C)[C@H](CN(C)C(=O)Nc1ccc(F)cc1)O2. The number of hydrogen-bond acceptors (Lipinski definition) is 7. The van der Waals surface area contributed by atoms with Gasteiger partial charge in [0.05, 0.1) is 25.6 Å². The zero-order valence-electron chi connectivity index (χ0n) is 24.8. The fraction of sp³-hybridized carbons (Fsp3) is 0.400. The molecule has 1 aliphatic rings. The summed E-state index contributed by atoms with van der Waals surface area (Å²) in [7, 11) is 1.62. The average molecular weight is 597 g/mol. The van der Waals surface area contributed by atoms with E-state index in [1.54, 1.807) is 50.9 Å². The van der Waals surface area contributed by atoms with Crippen LogP contribution >= 0.6 is 0 Å². The molecule has 5 amide bonds. The number of aliphatic hydroxyl groups is 1. The third-order valence-electron chi connectivity index (χ3n) is 7.34. The zero-order chi connectivity index (χ0) is 31.3. The number of fused-ring (bicyclic) bond motifs is 1. The Hall–Kier alpha value is -4.65. The molecule has 230 valence electrons. The Morgan fingerprint density at radius 2 is 1.84 bits per heavy atom. The molecule has 0 unspecified atom stereocenters. The summed E-state index contributed by atoms with van der Waals surface area (Å²) in [6, 6.07) is 9.09. The smallest absolute Gasteiger partial charge is 0.323 e. The molecule has 12 nitrogen and oxygen atoms in total. The van der Waals surface area contributed by atoms with Crippen LogP contribution in [0.15, 0.2) is 47.0 Å². The van der Waals surface area contributed by atoms with Gasteiger partial charge in [0, 0.05) is 36.4 Å². The number of amides is 5. The predicted octanol–water partition coefficient (Wildman–Crippen LogP) is 4.39. The number of aryl methyl sites for hydroxylation is 2. The molecule has 0 bridgehead atoms. The summed E-state index contributed by atoms with van der Waals surface area (Å²) in [6.45, 7) is 7.32. The lowest BCUT2D eigenvalue weighted by Crippen LogP contribution is -2.48. The number of hydrogen-bond donors (Lipinski definition) is 4. The second-order valence-electron chi connectivity index (χ2n) is 10.8. The van der Waals surface area contributed by atoms with Crippen molar-refractivity contribution in [3.05, 3.63) is 65.3 Å². The quantitative estimate of drug-likeness (QED) is 0.316. The lowest BCUT2D eigenvalue weighted by Gasteiger charge is -2.34. The highest BCUT2D eigenvalue weighted by molar-refractivity contribution is 6.00. The van der Waals surface area contributed by atoms with Crippen LogP contribution in [0, 0.1) is 25.6 Å². The molecule has 2 heterocycles. The van der Waals surface area contributed by atoms with Crippen molar-refractivity contribution in [1.29, 1.82) is 0 Å². The molecule has 3 aromatic rings. The maximum absolute atomic E-state index is 13.5. The molecule has 0 saturated carbocycles. The van der Waals surface area contributed by atoms with Gasteiger partial charge < -0.3 is 40.1 Å². The van der Waals surface area contributed by atoms with Gasteiger partial charge in [0.15, 0.2) is 5.76 Å². The van der Waals surface area contributed by atoms with Gasteiger partial charge in [0.2, 0.25) is 5.91 Å². The molecule has 13 heteroatoms. The number of carbonyl (C=O) groups excluding carboxylic acids is 3. The topological polar surface area (TPSA) is 149 Å². The van der Waals surface area contributed by atoms with Gasteiger partial charge in [-0.3, -0.25) is 4.79 Å². The first kappa shape index (κ1) is 31.3. The number of aromatic nitrogens is 1. The Balaban J connectivity index is 1.56. The molecule has 2 aromatic carbocycles. The van der Waals surface area contributed by atoms with Crippen molar-refractivity contribution in [2.45, 2.75) is 46.3 Å². The van der Waals surface area contributed by atoms with Crippen molar-refractivity contribution in [3.8, 4) is 5.75 Å². The van der Waals surface area contributed by atoms with E-state index in [1.807, 2.05) is 6.92 Å². The predicted molar refractivity (Wildman–Crippen MR) is 159 cm³/mol. The van der Waals surface area contributed by atoms with E-state index in [0.717, 1.165) is 0 Å². The third-order valence-corrected chi connectivity index (χ3v) is 7.34. The van der Waals surface area contributed by atoms with Crippen LogP contribution in [0.3, 0.4) is 0 Å². The standard InChI is InChI=1S/C30H37FN6O6/c1-17-14-37(18(2)16-38)27(39)13-21-12-24(32-29(40)34-28-19(3)35-43-20(28)4)10-11-25(21)42-26(17)15-36(5)30(41)33-23-8-6-22(31)7-9-23/h6-12,17-18,26,38H,13-16H2,1-5H3,(H,33,41)(H2,32,34,40)/t17-,18-,26-/m0/s1. The Bertz CT molecular complexity index is 1440. The minimum atomic E-state index is -0.538. The lowest BCUT2D eigenvalue weighted by atomic mass is 10.0.